The highest BCUT2D eigenvalue weighted by Gasteiger charge is 2.18. The Morgan fingerprint density at radius 1 is 1.25 bits per heavy atom. The van der Waals surface area contributed by atoms with Crippen LogP contribution in [0.1, 0.15) is 38.4 Å². The lowest BCUT2D eigenvalue weighted by Gasteiger charge is -2.32. The molecule has 0 radical (unpaired) electrons. The third-order valence-electron chi connectivity index (χ3n) is 3.83. The molecule has 0 aromatic carbocycles. The van der Waals surface area contributed by atoms with E-state index in [0.29, 0.717) is 6.04 Å². The maximum absolute atomic E-state index is 4.47. The van der Waals surface area contributed by atoms with E-state index in [1.165, 1.54) is 25.8 Å². The van der Waals surface area contributed by atoms with Crippen molar-refractivity contribution in [2.45, 2.75) is 45.6 Å². The topological polar surface area (TPSA) is 53.1 Å². The van der Waals surface area contributed by atoms with E-state index >= 15 is 0 Å². The van der Waals surface area contributed by atoms with Gasteiger partial charge in [0, 0.05) is 25.2 Å². The molecule has 112 valence electrons. The van der Waals surface area contributed by atoms with Gasteiger partial charge in [0.2, 0.25) is 0 Å². The Morgan fingerprint density at radius 3 is 2.70 bits per heavy atom. The number of nitrogens with one attached hydrogen (secondary N) is 2. The number of hydrogen-bond acceptors (Lipinski definition) is 5. The van der Waals surface area contributed by atoms with E-state index in [2.05, 4.69) is 39.5 Å². The zero-order valence-corrected chi connectivity index (χ0v) is 12.9. The molecule has 2 heterocycles. The normalized spacial score (nSPS) is 19.9. The lowest BCUT2D eigenvalue weighted by molar-refractivity contribution is 0.194. The SMILES string of the molecule is CCCNc1cc(NCC2CCCCN2C)nc(C)n1. The Labute approximate surface area is 122 Å². The minimum absolute atomic E-state index is 0.617. The standard InChI is InChI=1S/C15H27N5/c1-4-8-16-14-10-15(19-12(2)18-14)17-11-13-7-5-6-9-20(13)3/h10,13H,4-9,11H2,1-3H3,(H2,16,17,18,19). The summed E-state index contributed by atoms with van der Waals surface area (Å²) in [5.74, 6) is 2.65. The van der Waals surface area contributed by atoms with Crippen LogP contribution in [0.5, 0.6) is 0 Å². The summed E-state index contributed by atoms with van der Waals surface area (Å²) in [6, 6.07) is 2.62. The van der Waals surface area contributed by atoms with Crippen LogP contribution in [0.15, 0.2) is 6.07 Å². The number of rotatable bonds is 6. The summed E-state index contributed by atoms with van der Waals surface area (Å²) in [7, 11) is 2.21. The molecule has 2 rings (SSSR count). The van der Waals surface area contributed by atoms with Crippen LogP contribution in [0.2, 0.25) is 0 Å². The van der Waals surface area contributed by atoms with Crippen molar-refractivity contribution in [2.75, 3.05) is 37.3 Å². The summed E-state index contributed by atoms with van der Waals surface area (Å²) in [4.78, 5) is 11.3. The second-order valence-corrected chi connectivity index (χ2v) is 5.62. The van der Waals surface area contributed by atoms with Gasteiger partial charge in [-0.05, 0) is 39.8 Å². The first kappa shape index (κ1) is 15.0. The maximum atomic E-state index is 4.47. The summed E-state index contributed by atoms with van der Waals surface area (Å²) in [6.45, 7) is 7.20. The third kappa shape index (κ3) is 4.34. The first-order chi connectivity index (χ1) is 9.69. The van der Waals surface area contributed by atoms with Gasteiger partial charge in [0.05, 0.1) is 0 Å². The molecule has 5 nitrogen and oxygen atoms in total. The molecule has 1 saturated heterocycles. The fourth-order valence-corrected chi connectivity index (χ4v) is 2.63. The smallest absolute Gasteiger partial charge is 0.131 e. The van der Waals surface area contributed by atoms with Gasteiger partial charge >= 0.3 is 0 Å². The minimum atomic E-state index is 0.617. The first-order valence-corrected chi connectivity index (χ1v) is 7.72. The summed E-state index contributed by atoms with van der Waals surface area (Å²) in [5, 5.41) is 6.79. The zero-order valence-electron chi connectivity index (χ0n) is 12.9. The molecule has 1 aliphatic heterocycles. The molecule has 0 amide bonds. The molecule has 1 aromatic heterocycles. The Hall–Kier alpha value is -1.36. The minimum Gasteiger partial charge on any atom is -0.370 e. The van der Waals surface area contributed by atoms with Crippen molar-refractivity contribution in [1.82, 2.24) is 14.9 Å². The number of hydrogen-bond donors (Lipinski definition) is 2. The van der Waals surface area contributed by atoms with E-state index < -0.39 is 0 Å². The molecule has 1 fully saturated rings. The molecular weight excluding hydrogens is 250 g/mol. The molecule has 0 saturated carbocycles. The number of piperidine rings is 1. The third-order valence-corrected chi connectivity index (χ3v) is 3.83. The van der Waals surface area contributed by atoms with Crippen LogP contribution in [-0.4, -0.2) is 47.6 Å². The van der Waals surface area contributed by atoms with E-state index in [4.69, 9.17) is 0 Å². The van der Waals surface area contributed by atoms with Gasteiger partial charge in [0.15, 0.2) is 0 Å². The average Bonchev–Trinajstić information content (AvgIpc) is 2.44. The van der Waals surface area contributed by atoms with E-state index in [0.717, 1.165) is 37.0 Å². The quantitative estimate of drug-likeness (QED) is 0.837. The lowest BCUT2D eigenvalue weighted by atomic mass is 10.0. The fraction of sp³-hybridized carbons (Fsp3) is 0.733. The second kappa shape index (κ2) is 7.43. The highest BCUT2D eigenvalue weighted by Crippen LogP contribution is 2.16. The van der Waals surface area contributed by atoms with Gasteiger partial charge in [0.1, 0.15) is 17.5 Å². The Morgan fingerprint density at radius 2 is 2.00 bits per heavy atom. The van der Waals surface area contributed by atoms with Crippen molar-refractivity contribution in [3.63, 3.8) is 0 Å². The summed E-state index contributed by atoms with van der Waals surface area (Å²) in [6.07, 6.45) is 5.03. The molecule has 0 bridgehead atoms. The number of aromatic nitrogens is 2. The van der Waals surface area contributed by atoms with Crippen LogP contribution in [0.25, 0.3) is 0 Å². The number of anilines is 2. The Balaban J connectivity index is 1.92. The molecule has 1 atom stereocenters. The van der Waals surface area contributed by atoms with Gasteiger partial charge in [-0.25, -0.2) is 9.97 Å². The van der Waals surface area contributed by atoms with Crippen molar-refractivity contribution < 1.29 is 0 Å². The molecular formula is C15H27N5. The summed E-state index contributed by atoms with van der Waals surface area (Å²) in [5.41, 5.74) is 0. The predicted octanol–water partition coefficient (Wildman–Crippen LogP) is 2.50. The lowest BCUT2D eigenvalue weighted by Crippen LogP contribution is -2.40. The Bertz CT molecular complexity index is 421. The molecule has 5 heteroatoms. The number of likely N-dealkylation sites (N-methyl/N-ethyl adjacent to an activating group) is 1. The van der Waals surface area contributed by atoms with Gasteiger partial charge in [-0.2, -0.15) is 0 Å². The van der Waals surface area contributed by atoms with Crippen LogP contribution >= 0.6 is 0 Å². The van der Waals surface area contributed by atoms with E-state index in [1.54, 1.807) is 0 Å². The van der Waals surface area contributed by atoms with Crippen LogP contribution < -0.4 is 10.6 Å². The Kier molecular flexibility index (Phi) is 5.59. The molecule has 1 aliphatic rings. The van der Waals surface area contributed by atoms with Gasteiger partial charge in [0.25, 0.3) is 0 Å². The monoisotopic (exact) mass is 277 g/mol. The fourth-order valence-electron chi connectivity index (χ4n) is 2.63. The van der Waals surface area contributed by atoms with Crippen LogP contribution in [0.4, 0.5) is 11.6 Å². The largest absolute Gasteiger partial charge is 0.370 e. The molecule has 2 N–H and O–H groups in total. The van der Waals surface area contributed by atoms with Crippen molar-refractivity contribution in [1.29, 1.82) is 0 Å². The molecule has 1 unspecified atom stereocenters. The van der Waals surface area contributed by atoms with E-state index in [1.807, 2.05) is 13.0 Å². The highest BCUT2D eigenvalue weighted by atomic mass is 15.2. The molecule has 0 spiro atoms. The number of nitrogens with zero attached hydrogens (tertiary/aromatic N) is 3. The van der Waals surface area contributed by atoms with Gasteiger partial charge in [-0.3, -0.25) is 0 Å². The van der Waals surface area contributed by atoms with Gasteiger partial charge in [-0.1, -0.05) is 13.3 Å². The summed E-state index contributed by atoms with van der Waals surface area (Å²) < 4.78 is 0. The molecule has 0 aliphatic carbocycles. The molecule has 20 heavy (non-hydrogen) atoms. The van der Waals surface area contributed by atoms with Crippen molar-refractivity contribution >= 4 is 11.6 Å². The number of aryl methyl sites for hydroxylation is 1. The predicted molar refractivity (Wildman–Crippen MR) is 84.3 cm³/mol. The number of likely N-dealkylation sites (tertiary alicyclic amines) is 1. The van der Waals surface area contributed by atoms with Crippen molar-refractivity contribution in [2.24, 2.45) is 0 Å². The van der Waals surface area contributed by atoms with Gasteiger partial charge < -0.3 is 15.5 Å². The van der Waals surface area contributed by atoms with Crippen molar-refractivity contribution in [3.8, 4) is 0 Å². The van der Waals surface area contributed by atoms with Crippen molar-refractivity contribution in [3.05, 3.63) is 11.9 Å². The first-order valence-electron chi connectivity index (χ1n) is 7.72. The van der Waals surface area contributed by atoms with Crippen LogP contribution in [0, 0.1) is 6.92 Å². The van der Waals surface area contributed by atoms with E-state index in [-0.39, 0.29) is 0 Å². The van der Waals surface area contributed by atoms with Crippen LogP contribution in [0.3, 0.4) is 0 Å². The average molecular weight is 277 g/mol. The van der Waals surface area contributed by atoms with E-state index in [9.17, 15) is 0 Å². The zero-order chi connectivity index (χ0) is 14.4. The van der Waals surface area contributed by atoms with Crippen LogP contribution in [-0.2, 0) is 0 Å². The molecule has 1 aromatic rings. The maximum Gasteiger partial charge on any atom is 0.131 e. The summed E-state index contributed by atoms with van der Waals surface area (Å²) >= 11 is 0. The highest BCUT2D eigenvalue weighted by molar-refractivity contribution is 5.47. The van der Waals surface area contributed by atoms with Gasteiger partial charge in [-0.15, -0.1) is 0 Å². The second-order valence-electron chi connectivity index (χ2n) is 5.62.